The molecule has 0 aliphatic rings. The van der Waals surface area contributed by atoms with Gasteiger partial charge in [-0.15, -0.1) is 5.10 Å². The van der Waals surface area contributed by atoms with Crippen molar-refractivity contribution in [3.8, 4) is 0 Å². The van der Waals surface area contributed by atoms with E-state index in [-0.39, 0.29) is 12.6 Å². The molecular weight excluding hydrogens is 216 g/mol. The lowest BCUT2D eigenvalue weighted by atomic mass is 10.1. The Morgan fingerprint density at radius 1 is 1.47 bits per heavy atom. The van der Waals surface area contributed by atoms with E-state index < -0.39 is 0 Å². The molecule has 5 heteroatoms. The van der Waals surface area contributed by atoms with E-state index in [0.717, 1.165) is 11.2 Å². The van der Waals surface area contributed by atoms with Crippen LogP contribution in [0.25, 0.3) is 5.65 Å². The number of aryl methyl sites for hydroxylation is 1. The molecule has 0 aliphatic carbocycles. The molecule has 2 rings (SSSR count). The quantitative estimate of drug-likeness (QED) is 0.841. The predicted octanol–water partition coefficient (Wildman–Crippen LogP) is 1.47. The molecule has 92 valence electrons. The van der Waals surface area contributed by atoms with Crippen LogP contribution < -0.4 is 5.32 Å². The summed E-state index contributed by atoms with van der Waals surface area (Å²) in [6, 6.07) is 3.92. The van der Waals surface area contributed by atoms with Crippen molar-refractivity contribution in [2.24, 2.45) is 5.92 Å². The number of aliphatic hydroxyl groups excluding tert-OH is 1. The van der Waals surface area contributed by atoms with E-state index in [1.54, 1.807) is 4.52 Å². The molecular formula is C12H18N4O. The summed E-state index contributed by atoms with van der Waals surface area (Å²) in [5.74, 6) is 0.889. The number of anilines is 1. The van der Waals surface area contributed by atoms with Gasteiger partial charge in [0.25, 0.3) is 0 Å². The predicted molar refractivity (Wildman–Crippen MR) is 67.1 cm³/mol. The Hall–Kier alpha value is -1.62. The molecule has 0 aromatic carbocycles. The standard InChI is InChI=1S/C12H18N4O/c1-8(2)10(7-17)13-12-14-11-9(3)5-4-6-16(11)15-12/h4-6,8,10,17H,7H2,1-3H3,(H,13,15). The van der Waals surface area contributed by atoms with Gasteiger partial charge in [0.05, 0.1) is 12.6 Å². The summed E-state index contributed by atoms with van der Waals surface area (Å²) in [6.45, 7) is 6.18. The van der Waals surface area contributed by atoms with Crippen molar-refractivity contribution in [2.75, 3.05) is 11.9 Å². The van der Waals surface area contributed by atoms with E-state index in [9.17, 15) is 5.11 Å². The molecule has 0 fully saturated rings. The van der Waals surface area contributed by atoms with Gasteiger partial charge in [-0.3, -0.25) is 0 Å². The molecule has 17 heavy (non-hydrogen) atoms. The van der Waals surface area contributed by atoms with Crippen LogP contribution in [0.15, 0.2) is 18.3 Å². The van der Waals surface area contributed by atoms with E-state index in [2.05, 4.69) is 29.2 Å². The van der Waals surface area contributed by atoms with Gasteiger partial charge in [0.1, 0.15) is 0 Å². The number of aliphatic hydroxyl groups is 1. The molecule has 2 aromatic rings. The third-order valence-electron chi connectivity index (χ3n) is 2.87. The monoisotopic (exact) mass is 234 g/mol. The molecule has 2 heterocycles. The molecule has 5 nitrogen and oxygen atoms in total. The van der Waals surface area contributed by atoms with Gasteiger partial charge >= 0.3 is 0 Å². The number of hydrogen-bond acceptors (Lipinski definition) is 4. The minimum absolute atomic E-state index is 0.0206. The smallest absolute Gasteiger partial charge is 0.243 e. The molecule has 0 bridgehead atoms. The third kappa shape index (κ3) is 2.39. The summed E-state index contributed by atoms with van der Waals surface area (Å²) in [7, 11) is 0. The van der Waals surface area contributed by atoms with E-state index in [0.29, 0.717) is 11.9 Å². The number of hydrogen-bond donors (Lipinski definition) is 2. The van der Waals surface area contributed by atoms with Crippen molar-refractivity contribution in [3.63, 3.8) is 0 Å². The highest BCUT2D eigenvalue weighted by atomic mass is 16.3. The zero-order valence-electron chi connectivity index (χ0n) is 10.4. The number of aromatic nitrogens is 3. The van der Waals surface area contributed by atoms with Crippen molar-refractivity contribution in [3.05, 3.63) is 23.9 Å². The molecule has 1 atom stereocenters. The lowest BCUT2D eigenvalue weighted by Gasteiger charge is -2.18. The molecule has 0 amide bonds. The summed E-state index contributed by atoms with van der Waals surface area (Å²) < 4.78 is 1.74. The average Bonchev–Trinajstić information content (AvgIpc) is 2.69. The summed E-state index contributed by atoms with van der Waals surface area (Å²) >= 11 is 0. The number of pyridine rings is 1. The van der Waals surface area contributed by atoms with E-state index in [4.69, 9.17) is 0 Å². The highest BCUT2D eigenvalue weighted by Gasteiger charge is 2.14. The Kier molecular flexibility index (Phi) is 3.28. The SMILES string of the molecule is Cc1cccn2nc(NC(CO)C(C)C)nc12. The van der Waals surface area contributed by atoms with Crippen LogP contribution in [-0.2, 0) is 0 Å². The average molecular weight is 234 g/mol. The zero-order valence-corrected chi connectivity index (χ0v) is 10.4. The van der Waals surface area contributed by atoms with Crippen LogP contribution in [0, 0.1) is 12.8 Å². The number of nitrogens with zero attached hydrogens (tertiary/aromatic N) is 3. The lowest BCUT2D eigenvalue weighted by molar-refractivity contribution is 0.248. The van der Waals surface area contributed by atoms with Gasteiger partial charge in [-0.2, -0.15) is 4.98 Å². The van der Waals surface area contributed by atoms with Gasteiger partial charge < -0.3 is 10.4 Å². The molecule has 2 aromatic heterocycles. The fourth-order valence-electron chi connectivity index (χ4n) is 1.69. The second-order valence-corrected chi connectivity index (χ2v) is 4.57. The Balaban J connectivity index is 2.28. The lowest BCUT2D eigenvalue weighted by Crippen LogP contribution is -2.29. The maximum Gasteiger partial charge on any atom is 0.243 e. The maximum atomic E-state index is 9.26. The first-order valence-corrected chi connectivity index (χ1v) is 5.81. The summed E-state index contributed by atoms with van der Waals surface area (Å²) in [4.78, 5) is 4.41. The maximum absolute atomic E-state index is 9.26. The van der Waals surface area contributed by atoms with Crippen LogP contribution in [0.3, 0.4) is 0 Å². The highest BCUT2D eigenvalue weighted by molar-refractivity contribution is 5.49. The molecule has 0 saturated heterocycles. The molecule has 1 unspecified atom stereocenters. The van der Waals surface area contributed by atoms with Crippen molar-refractivity contribution in [1.29, 1.82) is 0 Å². The molecule has 0 aliphatic heterocycles. The largest absolute Gasteiger partial charge is 0.394 e. The first-order valence-electron chi connectivity index (χ1n) is 5.81. The summed E-state index contributed by atoms with van der Waals surface area (Å²) in [5.41, 5.74) is 1.92. The van der Waals surface area contributed by atoms with Gasteiger partial charge in [0, 0.05) is 6.20 Å². The van der Waals surface area contributed by atoms with Gasteiger partial charge in [0.2, 0.25) is 5.95 Å². The Morgan fingerprint density at radius 2 is 2.24 bits per heavy atom. The number of nitrogens with one attached hydrogen (secondary N) is 1. The summed E-state index contributed by atoms with van der Waals surface area (Å²) in [6.07, 6.45) is 1.86. The zero-order chi connectivity index (χ0) is 12.4. The van der Waals surface area contributed by atoms with Crippen LogP contribution in [-0.4, -0.2) is 32.4 Å². The van der Waals surface area contributed by atoms with Crippen LogP contribution in [0.2, 0.25) is 0 Å². The van der Waals surface area contributed by atoms with Crippen molar-refractivity contribution < 1.29 is 5.11 Å². The first kappa shape index (κ1) is 11.9. The topological polar surface area (TPSA) is 62.5 Å². The minimum atomic E-state index is -0.0206. The van der Waals surface area contributed by atoms with Crippen LogP contribution in [0.1, 0.15) is 19.4 Å². The third-order valence-corrected chi connectivity index (χ3v) is 2.87. The first-order chi connectivity index (χ1) is 8.11. The van der Waals surface area contributed by atoms with Crippen LogP contribution >= 0.6 is 0 Å². The van der Waals surface area contributed by atoms with Crippen LogP contribution in [0.5, 0.6) is 0 Å². The van der Waals surface area contributed by atoms with Crippen molar-refractivity contribution >= 4 is 11.6 Å². The summed E-state index contributed by atoms with van der Waals surface area (Å²) in [5, 5.41) is 16.7. The van der Waals surface area contributed by atoms with Crippen molar-refractivity contribution in [1.82, 2.24) is 14.6 Å². The molecule has 0 spiro atoms. The Labute approximate surface area is 100 Å². The fraction of sp³-hybridized carbons (Fsp3) is 0.500. The molecule has 2 N–H and O–H groups in total. The molecule has 0 radical (unpaired) electrons. The Bertz CT molecular complexity index is 506. The molecule has 0 saturated carbocycles. The second-order valence-electron chi connectivity index (χ2n) is 4.57. The fourth-order valence-corrected chi connectivity index (χ4v) is 1.69. The van der Waals surface area contributed by atoms with E-state index in [1.165, 1.54) is 0 Å². The van der Waals surface area contributed by atoms with Crippen molar-refractivity contribution in [2.45, 2.75) is 26.8 Å². The minimum Gasteiger partial charge on any atom is -0.394 e. The van der Waals surface area contributed by atoms with Gasteiger partial charge in [0.15, 0.2) is 5.65 Å². The second kappa shape index (κ2) is 4.71. The number of fused-ring (bicyclic) bond motifs is 1. The van der Waals surface area contributed by atoms with Gasteiger partial charge in [-0.05, 0) is 24.5 Å². The normalized spacial score (nSPS) is 13.2. The Morgan fingerprint density at radius 3 is 2.82 bits per heavy atom. The highest BCUT2D eigenvalue weighted by Crippen LogP contribution is 2.12. The van der Waals surface area contributed by atoms with E-state index in [1.807, 2.05) is 25.3 Å². The number of rotatable bonds is 4. The van der Waals surface area contributed by atoms with Crippen LogP contribution in [0.4, 0.5) is 5.95 Å². The van der Waals surface area contributed by atoms with Gasteiger partial charge in [-0.1, -0.05) is 19.9 Å². The van der Waals surface area contributed by atoms with E-state index >= 15 is 0 Å². The van der Waals surface area contributed by atoms with Gasteiger partial charge in [-0.25, -0.2) is 4.52 Å².